The normalized spacial score (nSPS) is 21.7. The SMILES string of the molecule is O=C1CCc2cc(C(O)CN3CCC(O)(c4ccc5c(c4)COCC5)CC3)ccc2N1. The van der Waals surface area contributed by atoms with E-state index in [0.717, 1.165) is 48.5 Å². The number of fused-ring (bicyclic) bond motifs is 2. The number of carbonyl (C=O) groups excluding carboxylic acids is 1. The highest BCUT2D eigenvalue weighted by atomic mass is 16.5. The van der Waals surface area contributed by atoms with Gasteiger partial charge in [0.05, 0.1) is 24.9 Å². The maximum absolute atomic E-state index is 11.5. The van der Waals surface area contributed by atoms with Gasteiger partial charge in [0.25, 0.3) is 0 Å². The van der Waals surface area contributed by atoms with Crippen LogP contribution in [0.4, 0.5) is 5.69 Å². The highest BCUT2D eigenvalue weighted by molar-refractivity contribution is 5.93. The monoisotopic (exact) mass is 422 g/mol. The van der Waals surface area contributed by atoms with E-state index in [1.54, 1.807) is 0 Å². The van der Waals surface area contributed by atoms with Crippen molar-refractivity contribution in [3.63, 3.8) is 0 Å². The van der Waals surface area contributed by atoms with E-state index in [4.69, 9.17) is 4.74 Å². The topological polar surface area (TPSA) is 82.0 Å². The molecule has 0 spiro atoms. The van der Waals surface area contributed by atoms with Gasteiger partial charge in [0.1, 0.15) is 0 Å². The third-order valence-electron chi connectivity index (χ3n) is 7.04. The first-order valence-corrected chi connectivity index (χ1v) is 11.3. The number of amides is 1. The largest absolute Gasteiger partial charge is 0.387 e. The highest BCUT2D eigenvalue weighted by Gasteiger charge is 2.35. The number of benzene rings is 2. The van der Waals surface area contributed by atoms with Crippen LogP contribution < -0.4 is 5.32 Å². The fraction of sp³-hybridized carbons (Fsp3) is 0.480. The van der Waals surface area contributed by atoms with Crippen LogP contribution in [0.1, 0.15) is 53.2 Å². The minimum Gasteiger partial charge on any atom is -0.387 e. The molecule has 0 aromatic heterocycles. The number of hydrogen-bond donors (Lipinski definition) is 3. The lowest BCUT2D eigenvalue weighted by Crippen LogP contribution is -2.44. The second kappa shape index (κ2) is 8.36. The van der Waals surface area contributed by atoms with Crippen molar-refractivity contribution in [1.29, 1.82) is 0 Å². The van der Waals surface area contributed by atoms with Gasteiger partial charge in [-0.15, -0.1) is 0 Å². The van der Waals surface area contributed by atoms with Gasteiger partial charge in [-0.1, -0.05) is 30.3 Å². The van der Waals surface area contributed by atoms with Crippen LogP contribution in [0.15, 0.2) is 36.4 Å². The quantitative estimate of drug-likeness (QED) is 0.706. The lowest BCUT2D eigenvalue weighted by molar-refractivity contribution is -0.116. The van der Waals surface area contributed by atoms with Gasteiger partial charge in [-0.3, -0.25) is 4.79 Å². The molecule has 3 aliphatic heterocycles. The molecule has 0 saturated carbocycles. The molecule has 2 aromatic rings. The third-order valence-corrected chi connectivity index (χ3v) is 7.04. The summed E-state index contributed by atoms with van der Waals surface area (Å²) < 4.78 is 5.58. The number of ether oxygens (including phenoxy) is 1. The van der Waals surface area contributed by atoms with Crippen molar-refractivity contribution in [3.05, 3.63) is 64.2 Å². The van der Waals surface area contributed by atoms with Crippen LogP contribution in [-0.4, -0.2) is 47.3 Å². The summed E-state index contributed by atoms with van der Waals surface area (Å²) in [5.41, 5.74) is 5.49. The van der Waals surface area contributed by atoms with E-state index in [0.29, 0.717) is 38.8 Å². The van der Waals surface area contributed by atoms with E-state index in [1.807, 2.05) is 18.2 Å². The molecule has 0 aliphatic carbocycles. The van der Waals surface area contributed by atoms with Crippen LogP contribution in [0.25, 0.3) is 0 Å². The zero-order valence-corrected chi connectivity index (χ0v) is 17.8. The summed E-state index contributed by atoms with van der Waals surface area (Å²) in [5, 5.41) is 25.0. The maximum Gasteiger partial charge on any atom is 0.224 e. The van der Waals surface area contributed by atoms with Crippen LogP contribution in [0.3, 0.4) is 0 Å². The average Bonchev–Trinajstić information content (AvgIpc) is 2.80. The molecule has 1 atom stereocenters. The number of β-amino-alcohol motifs (C(OH)–C–C–N with tert-alkyl or cyclic N) is 1. The van der Waals surface area contributed by atoms with Crippen molar-refractivity contribution in [2.24, 2.45) is 0 Å². The molecule has 5 rings (SSSR count). The Labute approximate surface area is 182 Å². The molecule has 3 aliphatic rings. The van der Waals surface area contributed by atoms with E-state index in [9.17, 15) is 15.0 Å². The summed E-state index contributed by atoms with van der Waals surface area (Å²) in [5.74, 6) is 0.0491. The maximum atomic E-state index is 11.5. The molecule has 1 amide bonds. The van der Waals surface area contributed by atoms with E-state index in [-0.39, 0.29) is 5.91 Å². The zero-order valence-electron chi connectivity index (χ0n) is 17.8. The number of anilines is 1. The molecule has 1 saturated heterocycles. The molecule has 3 heterocycles. The molecule has 31 heavy (non-hydrogen) atoms. The summed E-state index contributed by atoms with van der Waals surface area (Å²) in [7, 11) is 0. The summed E-state index contributed by atoms with van der Waals surface area (Å²) in [4.78, 5) is 13.8. The van der Waals surface area contributed by atoms with Gasteiger partial charge in [-0.2, -0.15) is 0 Å². The lowest BCUT2D eigenvalue weighted by atomic mass is 9.82. The molecule has 164 valence electrons. The van der Waals surface area contributed by atoms with Gasteiger partial charge in [-0.25, -0.2) is 0 Å². The summed E-state index contributed by atoms with van der Waals surface area (Å²) in [6, 6.07) is 12.1. The first-order chi connectivity index (χ1) is 15.0. The van der Waals surface area contributed by atoms with Crippen LogP contribution in [0.5, 0.6) is 0 Å². The number of likely N-dealkylation sites (tertiary alicyclic amines) is 1. The predicted molar refractivity (Wildman–Crippen MR) is 118 cm³/mol. The predicted octanol–water partition coefficient (Wildman–Crippen LogP) is 2.66. The van der Waals surface area contributed by atoms with Gasteiger partial charge in [0.2, 0.25) is 5.91 Å². The fourth-order valence-corrected chi connectivity index (χ4v) is 5.01. The number of carbonyl (C=O) groups is 1. The van der Waals surface area contributed by atoms with Crippen molar-refractivity contribution >= 4 is 11.6 Å². The molecular formula is C25H30N2O4. The van der Waals surface area contributed by atoms with Crippen molar-refractivity contribution in [2.45, 2.75) is 50.4 Å². The number of aliphatic hydroxyl groups is 2. The number of rotatable bonds is 4. The number of nitrogens with one attached hydrogen (secondary N) is 1. The second-order valence-corrected chi connectivity index (χ2v) is 9.10. The van der Waals surface area contributed by atoms with Crippen molar-refractivity contribution in [3.8, 4) is 0 Å². The Balaban J connectivity index is 1.21. The van der Waals surface area contributed by atoms with Gasteiger partial charge in [0, 0.05) is 31.7 Å². The molecule has 6 heteroatoms. The Morgan fingerprint density at radius 3 is 2.71 bits per heavy atom. The van der Waals surface area contributed by atoms with E-state index in [2.05, 4.69) is 28.4 Å². The van der Waals surface area contributed by atoms with Gasteiger partial charge in [0.15, 0.2) is 0 Å². The zero-order chi connectivity index (χ0) is 21.4. The number of nitrogens with zero attached hydrogens (tertiary/aromatic N) is 1. The van der Waals surface area contributed by atoms with Crippen molar-refractivity contribution in [2.75, 3.05) is 31.6 Å². The average molecular weight is 423 g/mol. The first-order valence-electron chi connectivity index (χ1n) is 11.3. The molecule has 0 bridgehead atoms. The van der Waals surface area contributed by atoms with Crippen LogP contribution >= 0.6 is 0 Å². The van der Waals surface area contributed by atoms with Gasteiger partial charge >= 0.3 is 0 Å². The molecular weight excluding hydrogens is 392 g/mol. The van der Waals surface area contributed by atoms with E-state index in [1.165, 1.54) is 11.1 Å². The number of aryl methyl sites for hydroxylation is 1. The third kappa shape index (κ3) is 4.26. The van der Waals surface area contributed by atoms with Gasteiger partial charge < -0.3 is 25.2 Å². The summed E-state index contributed by atoms with van der Waals surface area (Å²) in [6.07, 6.45) is 2.85. The molecule has 3 N–H and O–H groups in total. The Morgan fingerprint density at radius 1 is 1.03 bits per heavy atom. The lowest BCUT2D eigenvalue weighted by Gasteiger charge is -2.39. The van der Waals surface area contributed by atoms with Crippen LogP contribution in [0.2, 0.25) is 0 Å². The highest BCUT2D eigenvalue weighted by Crippen LogP contribution is 2.35. The molecule has 1 unspecified atom stereocenters. The molecule has 6 nitrogen and oxygen atoms in total. The van der Waals surface area contributed by atoms with Crippen LogP contribution in [0, 0.1) is 0 Å². The summed E-state index contributed by atoms with van der Waals surface area (Å²) >= 11 is 0. The standard InChI is InChI=1S/C25H30N2O4/c28-23(19-2-5-22-18(13-19)3-6-24(29)26-22)15-27-10-8-25(30,9-11-27)21-4-1-17-7-12-31-16-20(17)14-21/h1-2,4-5,13-14,23,28,30H,3,6-12,15-16H2,(H,26,29). The molecule has 2 aromatic carbocycles. The van der Waals surface area contributed by atoms with Crippen molar-refractivity contribution in [1.82, 2.24) is 4.90 Å². The minimum absolute atomic E-state index is 0.0491. The molecule has 0 radical (unpaired) electrons. The molecule has 1 fully saturated rings. The number of hydrogen-bond acceptors (Lipinski definition) is 5. The summed E-state index contributed by atoms with van der Waals surface area (Å²) in [6.45, 7) is 3.42. The smallest absolute Gasteiger partial charge is 0.224 e. The van der Waals surface area contributed by atoms with Crippen LogP contribution in [-0.2, 0) is 34.6 Å². The van der Waals surface area contributed by atoms with E-state index >= 15 is 0 Å². The van der Waals surface area contributed by atoms with E-state index < -0.39 is 11.7 Å². The number of aliphatic hydroxyl groups excluding tert-OH is 1. The van der Waals surface area contributed by atoms with Crippen molar-refractivity contribution < 1.29 is 19.7 Å². The Hall–Kier alpha value is -2.25. The fourth-order valence-electron chi connectivity index (χ4n) is 5.01. The Morgan fingerprint density at radius 2 is 1.87 bits per heavy atom. The number of piperidine rings is 1. The first kappa shape index (κ1) is 20.6. The minimum atomic E-state index is -0.821. The van der Waals surface area contributed by atoms with Gasteiger partial charge in [-0.05, 0) is 59.6 Å². The Kier molecular flexibility index (Phi) is 5.56. The Bertz CT molecular complexity index is 981. The second-order valence-electron chi connectivity index (χ2n) is 9.10.